The fourth-order valence-electron chi connectivity index (χ4n) is 2.70. The van der Waals surface area contributed by atoms with Gasteiger partial charge in [-0.3, -0.25) is 10.4 Å². The minimum absolute atomic E-state index is 0.0438. The molecule has 0 aromatic carbocycles. The Bertz CT molecular complexity index is 655. The van der Waals surface area contributed by atoms with E-state index in [0.717, 1.165) is 11.4 Å². The van der Waals surface area contributed by atoms with E-state index in [-0.39, 0.29) is 23.4 Å². The minimum Gasteiger partial charge on any atom is -0.384 e. The van der Waals surface area contributed by atoms with E-state index in [1.165, 1.54) is 0 Å². The lowest BCUT2D eigenvalue weighted by Crippen LogP contribution is -2.34. The second kappa shape index (κ2) is 5.05. The van der Waals surface area contributed by atoms with E-state index in [1.54, 1.807) is 0 Å². The summed E-state index contributed by atoms with van der Waals surface area (Å²) in [6.07, 6.45) is 0.608. The molecule has 0 saturated carbocycles. The highest BCUT2D eigenvalue weighted by Gasteiger charge is 2.32. The number of nitrogens with two attached hydrogens (primary N) is 1. The zero-order chi connectivity index (χ0) is 15.1. The van der Waals surface area contributed by atoms with Crippen molar-refractivity contribution < 1.29 is 8.42 Å². The maximum atomic E-state index is 11.6. The molecule has 6 nitrogen and oxygen atoms in total. The highest BCUT2D eigenvalue weighted by molar-refractivity contribution is 7.91. The first kappa shape index (κ1) is 14.8. The van der Waals surface area contributed by atoms with Crippen molar-refractivity contribution in [1.82, 2.24) is 4.98 Å². The van der Waals surface area contributed by atoms with E-state index in [0.29, 0.717) is 17.7 Å². The molecule has 1 aliphatic rings. The number of aryl methyl sites for hydroxylation is 2. The maximum Gasteiger partial charge on any atom is 0.152 e. The van der Waals surface area contributed by atoms with Crippen LogP contribution in [0.25, 0.3) is 0 Å². The first-order chi connectivity index (χ1) is 9.21. The molecule has 0 bridgehead atoms. The standard InChI is InChI=1S/C13H20N4O2S/c1-8-6-11(12(13(14)15)9(2)16-8)17(3)10-4-5-20(18,19)7-10/h6,10H,4-5,7H2,1-3H3,(H3,14,15). The summed E-state index contributed by atoms with van der Waals surface area (Å²) >= 11 is 0. The second-order valence-electron chi connectivity index (χ2n) is 5.32. The summed E-state index contributed by atoms with van der Waals surface area (Å²) in [5, 5.41) is 7.72. The normalized spacial score (nSPS) is 20.9. The van der Waals surface area contributed by atoms with Gasteiger partial charge in [0.2, 0.25) is 0 Å². The third-order valence-electron chi connectivity index (χ3n) is 3.71. The molecular formula is C13H20N4O2S. The zero-order valence-electron chi connectivity index (χ0n) is 12.0. The van der Waals surface area contributed by atoms with E-state index >= 15 is 0 Å². The molecule has 1 aromatic heterocycles. The SMILES string of the molecule is Cc1cc(N(C)C2CCS(=O)(=O)C2)c(C(=N)N)c(C)n1. The van der Waals surface area contributed by atoms with Gasteiger partial charge >= 0.3 is 0 Å². The topological polar surface area (TPSA) is 100 Å². The van der Waals surface area contributed by atoms with Gasteiger partial charge in [-0.05, 0) is 26.3 Å². The summed E-state index contributed by atoms with van der Waals surface area (Å²) < 4.78 is 23.2. The van der Waals surface area contributed by atoms with Crippen molar-refractivity contribution in [3.05, 3.63) is 23.0 Å². The van der Waals surface area contributed by atoms with Crippen LogP contribution in [0.5, 0.6) is 0 Å². The molecule has 1 aliphatic heterocycles. The lowest BCUT2D eigenvalue weighted by molar-refractivity contribution is 0.601. The number of rotatable bonds is 3. The Morgan fingerprint density at radius 1 is 1.50 bits per heavy atom. The van der Waals surface area contributed by atoms with Gasteiger partial charge in [-0.2, -0.15) is 0 Å². The summed E-state index contributed by atoms with van der Waals surface area (Å²) in [5.74, 6) is 0.333. The quantitative estimate of drug-likeness (QED) is 0.628. The van der Waals surface area contributed by atoms with E-state index in [1.807, 2.05) is 31.9 Å². The van der Waals surface area contributed by atoms with E-state index in [2.05, 4.69) is 4.98 Å². The van der Waals surface area contributed by atoms with Crippen LogP contribution in [-0.2, 0) is 9.84 Å². The monoisotopic (exact) mass is 296 g/mol. The lowest BCUT2D eigenvalue weighted by Gasteiger charge is -2.28. The maximum absolute atomic E-state index is 11.6. The number of nitrogen functional groups attached to an aromatic ring is 1. The van der Waals surface area contributed by atoms with Gasteiger partial charge < -0.3 is 10.6 Å². The van der Waals surface area contributed by atoms with Crippen LogP contribution in [0.2, 0.25) is 0 Å². The van der Waals surface area contributed by atoms with Gasteiger partial charge in [0.1, 0.15) is 5.84 Å². The number of sulfone groups is 1. The van der Waals surface area contributed by atoms with Crippen molar-refractivity contribution in [1.29, 1.82) is 5.41 Å². The van der Waals surface area contributed by atoms with Crippen LogP contribution < -0.4 is 10.6 Å². The Labute approximate surface area is 119 Å². The number of anilines is 1. The molecule has 3 N–H and O–H groups in total. The molecule has 110 valence electrons. The van der Waals surface area contributed by atoms with Crippen molar-refractivity contribution >= 4 is 21.4 Å². The molecule has 1 atom stereocenters. The van der Waals surface area contributed by atoms with Crippen molar-refractivity contribution in [3.8, 4) is 0 Å². The highest BCUT2D eigenvalue weighted by atomic mass is 32.2. The van der Waals surface area contributed by atoms with Crippen LogP contribution in [0, 0.1) is 19.3 Å². The molecule has 0 radical (unpaired) electrons. The predicted molar refractivity (Wildman–Crippen MR) is 80.2 cm³/mol. The fraction of sp³-hybridized carbons (Fsp3) is 0.538. The van der Waals surface area contributed by atoms with Crippen molar-refractivity contribution in [2.24, 2.45) is 5.73 Å². The van der Waals surface area contributed by atoms with Gasteiger partial charge in [-0.15, -0.1) is 0 Å². The second-order valence-corrected chi connectivity index (χ2v) is 7.55. The Balaban J connectivity index is 2.44. The van der Waals surface area contributed by atoms with Gasteiger partial charge in [0, 0.05) is 18.8 Å². The Morgan fingerprint density at radius 3 is 2.65 bits per heavy atom. The number of hydrogen-bond acceptors (Lipinski definition) is 5. The van der Waals surface area contributed by atoms with Gasteiger partial charge in [-0.1, -0.05) is 0 Å². The molecule has 1 fully saturated rings. The third kappa shape index (κ3) is 2.77. The van der Waals surface area contributed by atoms with Crippen LogP contribution in [0.15, 0.2) is 6.07 Å². The Hall–Kier alpha value is -1.63. The molecule has 0 aliphatic carbocycles. The number of hydrogen-bond donors (Lipinski definition) is 2. The highest BCUT2D eigenvalue weighted by Crippen LogP contribution is 2.28. The lowest BCUT2D eigenvalue weighted by atomic mass is 10.1. The van der Waals surface area contributed by atoms with Crippen LogP contribution in [-0.4, -0.2) is 43.8 Å². The number of amidine groups is 1. The van der Waals surface area contributed by atoms with Gasteiger partial charge in [0.15, 0.2) is 9.84 Å². The molecule has 2 heterocycles. The molecule has 1 unspecified atom stereocenters. The summed E-state index contributed by atoms with van der Waals surface area (Å²) in [6.45, 7) is 3.69. The average molecular weight is 296 g/mol. The molecule has 0 amide bonds. The van der Waals surface area contributed by atoms with Crippen LogP contribution in [0.3, 0.4) is 0 Å². The van der Waals surface area contributed by atoms with E-state index in [4.69, 9.17) is 11.1 Å². The van der Waals surface area contributed by atoms with Crippen molar-refractivity contribution in [2.75, 3.05) is 23.5 Å². The number of aromatic nitrogens is 1. The number of nitrogens with one attached hydrogen (secondary N) is 1. The summed E-state index contributed by atoms with van der Waals surface area (Å²) in [7, 11) is -1.09. The molecule has 7 heteroatoms. The molecule has 2 rings (SSSR count). The van der Waals surface area contributed by atoms with E-state index in [9.17, 15) is 8.42 Å². The minimum atomic E-state index is -2.94. The fourth-order valence-corrected chi connectivity index (χ4v) is 4.47. The molecular weight excluding hydrogens is 276 g/mol. The Kier molecular flexibility index (Phi) is 3.73. The summed E-state index contributed by atoms with van der Waals surface area (Å²) in [5.41, 5.74) is 8.54. The zero-order valence-corrected chi connectivity index (χ0v) is 12.8. The van der Waals surface area contributed by atoms with Crippen molar-refractivity contribution in [3.63, 3.8) is 0 Å². The molecule has 1 aromatic rings. The third-order valence-corrected chi connectivity index (χ3v) is 5.46. The average Bonchev–Trinajstić information content (AvgIpc) is 2.67. The largest absolute Gasteiger partial charge is 0.384 e. The first-order valence-corrected chi connectivity index (χ1v) is 8.29. The number of pyridine rings is 1. The van der Waals surface area contributed by atoms with Crippen molar-refractivity contribution in [2.45, 2.75) is 26.3 Å². The van der Waals surface area contributed by atoms with Crippen LogP contribution >= 0.6 is 0 Å². The smallest absolute Gasteiger partial charge is 0.152 e. The van der Waals surface area contributed by atoms with Crippen LogP contribution in [0.4, 0.5) is 5.69 Å². The molecule has 1 saturated heterocycles. The van der Waals surface area contributed by atoms with Crippen LogP contribution in [0.1, 0.15) is 23.4 Å². The summed E-state index contributed by atoms with van der Waals surface area (Å²) in [4.78, 5) is 6.25. The van der Waals surface area contributed by atoms with Gasteiger partial charge in [-0.25, -0.2) is 8.42 Å². The number of nitrogens with zero attached hydrogens (tertiary/aromatic N) is 2. The predicted octanol–water partition coefficient (Wildman–Crippen LogP) is 0.606. The van der Waals surface area contributed by atoms with Gasteiger partial charge in [0.25, 0.3) is 0 Å². The molecule has 20 heavy (non-hydrogen) atoms. The summed E-state index contributed by atoms with van der Waals surface area (Å²) in [6, 6.07) is 1.79. The van der Waals surface area contributed by atoms with E-state index < -0.39 is 9.84 Å². The van der Waals surface area contributed by atoms with Gasteiger partial charge in [0.05, 0.1) is 28.5 Å². The first-order valence-electron chi connectivity index (χ1n) is 6.47. The Morgan fingerprint density at radius 2 is 2.15 bits per heavy atom. The molecule has 0 spiro atoms.